The predicted octanol–water partition coefficient (Wildman–Crippen LogP) is 7.82. The molecule has 1 heterocycles. The lowest BCUT2D eigenvalue weighted by Gasteiger charge is -2.20. The number of nitrogens with zero attached hydrogens (tertiary/aromatic N) is 2. The van der Waals surface area contributed by atoms with E-state index in [0.717, 1.165) is 23.1 Å². The van der Waals surface area contributed by atoms with Crippen molar-refractivity contribution in [3.05, 3.63) is 113 Å². The molecule has 1 unspecified atom stereocenters. The number of carbonyl (C=O) groups is 2. The third-order valence-electron chi connectivity index (χ3n) is 7.06. The number of hydrogen-bond acceptors (Lipinski definition) is 5. The van der Waals surface area contributed by atoms with Gasteiger partial charge in [0.2, 0.25) is 0 Å². The van der Waals surface area contributed by atoms with E-state index in [4.69, 9.17) is 9.47 Å². The number of alkyl halides is 3. The predicted molar refractivity (Wildman–Crippen MR) is 163 cm³/mol. The van der Waals surface area contributed by atoms with Gasteiger partial charge in [-0.1, -0.05) is 48.5 Å². The van der Waals surface area contributed by atoms with E-state index in [1.165, 1.54) is 24.3 Å². The number of amides is 2. The van der Waals surface area contributed by atoms with Crippen molar-refractivity contribution in [2.45, 2.75) is 58.0 Å². The molecule has 0 spiro atoms. The summed E-state index contributed by atoms with van der Waals surface area (Å²) in [5.74, 6) is -1.32. The van der Waals surface area contributed by atoms with Crippen LogP contribution >= 0.6 is 0 Å². The Kier molecular flexibility index (Phi) is 9.47. The second-order valence-corrected chi connectivity index (χ2v) is 12.1. The minimum atomic E-state index is -4.86. The molecule has 1 aliphatic carbocycles. The molecule has 0 saturated heterocycles. The van der Waals surface area contributed by atoms with Crippen LogP contribution in [0.25, 0.3) is 5.69 Å². The number of ether oxygens (including phenoxy) is 2. The number of hydrogen-bond donors (Lipinski definition) is 2. The Morgan fingerprint density at radius 3 is 2.37 bits per heavy atom. The number of halogens is 4. The van der Waals surface area contributed by atoms with E-state index in [-0.39, 0.29) is 17.9 Å². The molecule has 242 valence electrons. The molecule has 46 heavy (non-hydrogen) atoms. The largest absolute Gasteiger partial charge is 0.444 e. The molecule has 0 radical (unpaired) electrons. The van der Waals surface area contributed by atoms with Crippen molar-refractivity contribution in [3.63, 3.8) is 0 Å². The van der Waals surface area contributed by atoms with Crippen LogP contribution in [-0.2, 0) is 22.2 Å². The minimum absolute atomic E-state index is 0.00107. The fourth-order valence-electron chi connectivity index (χ4n) is 4.68. The van der Waals surface area contributed by atoms with Crippen LogP contribution < -0.4 is 10.6 Å². The number of nitrogens with one attached hydrogen (secondary N) is 2. The van der Waals surface area contributed by atoms with Crippen LogP contribution in [0.15, 0.2) is 78.9 Å². The third-order valence-corrected chi connectivity index (χ3v) is 7.06. The van der Waals surface area contributed by atoms with E-state index in [1.54, 1.807) is 39.0 Å². The Morgan fingerprint density at radius 1 is 0.957 bits per heavy atom. The topological polar surface area (TPSA) is 94.5 Å². The summed E-state index contributed by atoms with van der Waals surface area (Å²) in [6.07, 6.45) is -3.93. The van der Waals surface area contributed by atoms with Gasteiger partial charge in [0, 0.05) is 12.6 Å². The van der Waals surface area contributed by atoms with Crippen LogP contribution in [0.1, 0.15) is 72.6 Å². The lowest BCUT2D eigenvalue weighted by Crippen LogP contribution is -2.32. The second-order valence-electron chi connectivity index (χ2n) is 12.1. The zero-order valence-electron chi connectivity index (χ0n) is 25.5. The van der Waals surface area contributed by atoms with Crippen LogP contribution in [0.2, 0.25) is 0 Å². The maximum absolute atomic E-state index is 15.1. The van der Waals surface area contributed by atoms with E-state index >= 15 is 4.39 Å². The Balaban J connectivity index is 1.42. The van der Waals surface area contributed by atoms with Gasteiger partial charge in [-0.15, -0.1) is 0 Å². The summed E-state index contributed by atoms with van der Waals surface area (Å²) >= 11 is 0. The van der Waals surface area contributed by atoms with Crippen LogP contribution in [0, 0.1) is 11.7 Å². The standard InChI is InChI=1S/C34H34F4N4O4/c1-33(2,3)46-32(44)39-19-22-8-7-11-25(16-22)42-28(18-29(41-42)34(36,37)38)31(43)40-27-17-24(14-15-26(27)35)30(45-20-21-12-13-21)23-9-5-4-6-10-23/h4-11,14-18,21,30H,12-13,19-20H2,1-3H3,(H,39,44)(H,40,43). The number of anilines is 1. The number of carbonyl (C=O) groups excluding carboxylic acids is 2. The van der Waals surface area contributed by atoms with Gasteiger partial charge in [-0.3, -0.25) is 4.79 Å². The first-order chi connectivity index (χ1) is 21.8. The Bertz CT molecular complexity index is 1700. The van der Waals surface area contributed by atoms with Crippen molar-refractivity contribution in [1.29, 1.82) is 0 Å². The highest BCUT2D eigenvalue weighted by molar-refractivity contribution is 6.03. The van der Waals surface area contributed by atoms with E-state index in [2.05, 4.69) is 15.7 Å². The van der Waals surface area contributed by atoms with Crippen LogP contribution in [0.4, 0.5) is 28.0 Å². The number of benzene rings is 3. The molecule has 4 aromatic rings. The fraction of sp³-hybridized carbons (Fsp3) is 0.324. The SMILES string of the molecule is CC(C)(C)OC(=O)NCc1cccc(-n2nc(C(F)(F)F)cc2C(=O)Nc2cc(C(OCC3CC3)c3ccccc3)ccc2F)c1. The summed E-state index contributed by atoms with van der Waals surface area (Å²) in [5, 5.41) is 8.67. The van der Waals surface area contributed by atoms with Crippen molar-refractivity contribution < 1.29 is 36.6 Å². The molecule has 1 atom stereocenters. The molecule has 1 aromatic heterocycles. The molecule has 0 bridgehead atoms. The molecule has 12 heteroatoms. The first-order valence-corrected chi connectivity index (χ1v) is 14.8. The monoisotopic (exact) mass is 638 g/mol. The smallest absolute Gasteiger partial charge is 0.435 e. The maximum atomic E-state index is 15.1. The average molecular weight is 639 g/mol. The van der Waals surface area contributed by atoms with E-state index in [9.17, 15) is 22.8 Å². The molecule has 0 aliphatic heterocycles. The van der Waals surface area contributed by atoms with Gasteiger partial charge in [0.1, 0.15) is 23.2 Å². The van der Waals surface area contributed by atoms with E-state index in [0.29, 0.717) is 29.7 Å². The molecule has 2 N–H and O–H groups in total. The van der Waals surface area contributed by atoms with Crippen LogP contribution in [-0.4, -0.2) is 34.0 Å². The van der Waals surface area contributed by atoms with E-state index < -0.39 is 47.1 Å². The highest BCUT2D eigenvalue weighted by Gasteiger charge is 2.36. The average Bonchev–Trinajstić information content (AvgIpc) is 3.70. The Hall–Kier alpha value is -4.71. The van der Waals surface area contributed by atoms with Crippen molar-refractivity contribution in [2.24, 2.45) is 5.92 Å². The molecule has 2 amide bonds. The Morgan fingerprint density at radius 2 is 1.70 bits per heavy atom. The zero-order chi connectivity index (χ0) is 33.1. The minimum Gasteiger partial charge on any atom is -0.444 e. The summed E-state index contributed by atoms with van der Waals surface area (Å²) in [5.41, 5.74) is -0.691. The fourth-order valence-corrected chi connectivity index (χ4v) is 4.68. The van der Waals surface area contributed by atoms with Crippen LogP contribution in [0.3, 0.4) is 0 Å². The highest BCUT2D eigenvalue weighted by atomic mass is 19.4. The summed E-state index contributed by atoms with van der Waals surface area (Å²) < 4.78 is 68.6. The quantitative estimate of drug-likeness (QED) is 0.173. The van der Waals surface area contributed by atoms with Crippen molar-refractivity contribution in [1.82, 2.24) is 15.1 Å². The summed E-state index contributed by atoms with van der Waals surface area (Å²) in [7, 11) is 0. The summed E-state index contributed by atoms with van der Waals surface area (Å²) in [6.45, 7) is 5.65. The van der Waals surface area contributed by atoms with Crippen molar-refractivity contribution in [3.8, 4) is 5.69 Å². The Labute approximate surface area is 263 Å². The molecule has 8 nitrogen and oxygen atoms in total. The number of aromatic nitrogens is 2. The van der Waals surface area contributed by atoms with Gasteiger partial charge in [0.05, 0.1) is 18.0 Å². The van der Waals surface area contributed by atoms with Gasteiger partial charge in [-0.05, 0) is 80.5 Å². The van der Waals surface area contributed by atoms with E-state index in [1.807, 2.05) is 30.3 Å². The van der Waals surface area contributed by atoms with Crippen molar-refractivity contribution in [2.75, 3.05) is 11.9 Å². The third kappa shape index (κ3) is 8.51. The highest BCUT2D eigenvalue weighted by Crippen LogP contribution is 2.35. The maximum Gasteiger partial charge on any atom is 0.435 e. The molecular weight excluding hydrogens is 604 g/mol. The van der Waals surface area contributed by atoms with Crippen LogP contribution in [0.5, 0.6) is 0 Å². The molecule has 1 saturated carbocycles. The summed E-state index contributed by atoms with van der Waals surface area (Å²) in [4.78, 5) is 25.6. The zero-order valence-corrected chi connectivity index (χ0v) is 25.5. The van der Waals surface area contributed by atoms with Gasteiger partial charge in [-0.2, -0.15) is 18.3 Å². The molecule has 1 fully saturated rings. The van der Waals surface area contributed by atoms with Gasteiger partial charge in [-0.25, -0.2) is 13.9 Å². The first-order valence-electron chi connectivity index (χ1n) is 14.8. The van der Waals surface area contributed by atoms with Crippen molar-refractivity contribution >= 4 is 17.7 Å². The molecule has 3 aromatic carbocycles. The lowest BCUT2D eigenvalue weighted by atomic mass is 10.0. The molecular formula is C34H34F4N4O4. The normalized spacial score (nSPS) is 14.1. The summed E-state index contributed by atoms with van der Waals surface area (Å²) in [6, 6.07) is 20.2. The van der Waals surface area contributed by atoms with Gasteiger partial charge < -0.3 is 20.1 Å². The number of rotatable bonds is 10. The second kappa shape index (κ2) is 13.3. The molecule has 1 aliphatic rings. The number of alkyl carbamates (subject to hydrolysis) is 1. The first kappa shape index (κ1) is 32.7. The van der Waals surface area contributed by atoms with Gasteiger partial charge in [0.25, 0.3) is 5.91 Å². The molecule has 5 rings (SSSR count). The van der Waals surface area contributed by atoms with Gasteiger partial charge >= 0.3 is 12.3 Å². The lowest BCUT2D eigenvalue weighted by molar-refractivity contribution is -0.141. The van der Waals surface area contributed by atoms with Gasteiger partial charge in [0.15, 0.2) is 5.69 Å².